The van der Waals surface area contributed by atoms with E-state index in [-0.39, 0.29) is 12.0 Å². The van der Waals surface area contributed by atoms with E-state index in [2.05, 4.69) is 43.4 Å². The van der Waals surface area contributed by atoms with Crippen molar-refractivity contribution in [2.75, 3.05) is 6.54 Å². The molecule has 0 aromatic heterocycles. The number of rotatable bonds is 8. The molecule has 0 aliphatic rings. The van der Waals surface area contributed by atoms with Crippen LogP contribution in [0, 0.1) is 0 Å². The van der Waals surface area contributed by atoms with Crippen LogP contribution in [-0.2, 0) is 11.2 Å². The van der Waals surface area contributed by atoms with Crippen LogP contribution >= 0.6 is 0 Å². The van der Waals surface area contributed by atoms with Crippen molar-refractivity contribution >= 4 is 5.97 Å². The molecule has 1 aromatic carbocycles. The summed E-state index contributed by atoms with van der Waals surface area (Å²) < 4.78 is 0. The lowest BCUT2D eigenvalue weighted by atomic mass is 9.95. The number of unbranched alkanes of at least 4 members (excludes halogenated alkanes) is 1. The van der Waals surface area contributed by atoms with Gasteiger partial charge >= 0.3 is 5.97 Å². The van der Waals surface area contributed by atoms with Gasteiger partial charge in [0.25, 0.3) is 0 Å². The third-order valence-corrected chi connectivity index (χ3v) is 2.91. The molecule has 1 aromatic rings. The number of hydrogen-bond acceptors (Lipinski definition) is 2. The number of benzene rings is 1. The van der Waals surface area contributed by atoms with Crippen LogP contribution in [0.5, 0.6) is 0 Å². The summed E-state index contributed by atoms with van der Waals surface area (Å²) in [6.45, 7) is 5.22. The molecule has 3 nitrogen and oxygen atoms in total. The van der Waals surface area contributed by atoms with Gasteiger partial charge < -0.3 is 10.4 Å². The van der Waals surface area contributed by atoms with E-state index in [1.165, 1.54) is 5.56 Å². The van der Waals surface area contributed by atoms with E-state index in [4.69, 9.17) is 5.11 Å². The Kier molecular flexibility index (Phi) is 5.86. The van der Waals surface area contributed by atoms with E-state index in [0.29, 0.717) is 0 Å². The fourth-order valence-corrected chi connectivity index (χ4v) is 2.00. The molecule has 100 valence electrons. The molecule has 0 heterocycles. The van der Waals surface area contributed by atoms with E-state index in [1.54, 1.807) is 0 Å². The lowest BCUT2D eigenvalue weighted by Gasteiger charge is -2.26. The van der Waals surface area contributed by atoms with Crippen LogP contribution in [0.15, 0.2) is 30.3 Å². The third kappa shape index (κ3) is 6.40. The Morgan fingerprint density at radius 3 is 2.50 bits per heavy atom. The minimum absolute atomic E-state index is 0.0462. The Morgan fingerprint density at radius 2 is 1.89 bits per heavy atom. The van der Waals surface area contributed by atoms with Crippen LogP contribution in [-0.4, -0.2) is 23.2 Å². The van der Waals surface area contributed by atoms with Crippen molar-refractivity contribution < 1.29 is 9.90 Å². The molecule has 0 spiro atoms. The van der Waals surface area contributed by atoms with Crippen molar-refractivity contribution in [3.63, 3.8) is 0 Å². The lowest BCUT2D eigenvalue weighted by molar-refractivity contribution is -0.137. The lowest BCUT2D eigenvalue weighted by Crippen LogP contribution is -2.41. The minimum atomic E-state index is -0.710. The molecule has 0 unspecified atom stereocenters. The largest absolute Gasteiger partial charge is 0.481 e. The van der Waals surface area contributed by atoms with Gasteiger partial charge in [0.05, 0.1) is 0 Å². The second kappa shape index (κ2) is 7.17. The van der Waals surface area contributed by atoms with Gasteiger partial charge in [-0.3, -0.25) is 4.79 Å². The summed E-state index contributed by atoms with van der Waals surface area (Å²) in [4.78, 5) is 10.4. The summed E-state index contributed by atoms with van der Waals surface area (Å²) in [5, 5.41) is 12.0. The highest BCUT2D eigenvalue weighted by molar-refractivity contribution is 5.66. The first-order valence-electron chi connectivity index (χ1n) is 6.50. The van der Waals surface area contributed by atoms with Crippen molar-refractivity contribution in [1.29, 1.82) is 0 Å². The smallest absolute Gasteiger partial charge is 0.303 e. The Balaban J connectivity index is 2.25. The van der Waals surface area contributed by atoms with Crippen LogP contribution in [0.3, 0.4) is 0 Å². The molecular formula is C15H23NO2. The molecule has 0 saturated carbocycles. The fourth-order valence-electron chi connectivity index (χ4n) is 2.00. The zero-order valence-corrected chi connectivity index (χ0v) is 11.3. The molecule has 2 N–H and O–H groups in total. The minimum Gasteiger partial charge on any atom is -0.481 e. The van der Waals surface area contributed by atoms with E-state index in [0.717, 1.165) is 25.8 Å². The highest BCUT2D eigenvalue weighted by atomic mass is 16.4. The summed E-state index contributed by atoms with van der Waals surface area (Å²) >= 11 is 0. The molecule has 0 radical (unpaired) electrons. The van der Waals surface area contributed by atoms with Crippen LogP contribution in [0.1, 0.15) is 38.7 Å². The first kappa shape index (κ1) is 14.7. The SMILES string of the molecule is CC(C)(Cc1ccccc1)NCCCCC(=O)O. The van der Waals surface area contributed by atoms with Gasteiger partial charge in [-0.2, -0.15) is 0 Å². The van der Waals surface area contributed by atoms with Crippen molar-refractivity contribution in [1.82, 2.24) is 5.32 Å². The van der Waals surface area contributed by atoms with Crippen LogP contribution < -0.4 is 5.32 Å². The van der Waals surface area contributed by atoms with Crippen molar-refractivity contribution in [2.24, 2.45) is 0 Å². The van der Waals surface area contributed by atoms with Gasteiger partial charge in [0.2, 0.25) is 0 Å². The van der Waals surface area contributed by atoms with Crippen molar-refractivity contribution in [3.8, 4) is 0 Å². The third-order valence-electron chi connectivity index (χ3n) is 2.91. The Hall–Kier alpha value is -1.35. The van der Waals surface area contributed by atoms with E-state index < -0.39 is 5.97 Å². The molecular weight excluding hydrogens is 226 g/mol. The average molecular weight is 249 g/mol. The average Bonchev–Trinajstić information content (AvgIpc) is 2.28. The number of aliphatic carboxylic acids is 1. The highest BCUT2D eigenvalue weighted by Crippen LogP contribution is 2.12. The van der Waals surface area contributed by atoms with Gasteiger partial charge in [-0.15, -0.1) is 0 Å². The van der Waals surface area contributed by atoms with Gasteiger partial charge in [0.1, 0.15) is 0 Å². The molecule has 0 atom stereocenters. The molecule has 0 bridgehead atoms. The summed E-state index contributed by atoms with van der Waals surface area (Å²) in [5.74, 6) is -0.710. The maximum atomic E-state index is 10.4. The predicted molar refractivity (Wildman–Crippen MR) is 73.7 cm³/mol. The summed E-state index contributed by atoms with van der Waals surface area (Å²) in [7, 11) is 0. The Labute approximate surface area is 109 Å². The molecule has 0 aliphatic heterocycles. The normalized spacial score (nSPS) is 11.4. The van der Waals surface area contributed by atoms with Crippen LogP contribution in [0.2, 0.25) is 0 Å². The van der Waals surface area contributed by atoms with E-state index in [1.807, 2.05) is 6.07 Å². The zero-order chi connectivity index (χ0) is 13.4. The molecule has 18 heavy (non-hydrogen) atoms. The Morgan fingerprint density at radius 1 is 1.22 bits per heavy atom. The second-order valence-corrected chi connectivity index (χ2v) is 5.32. The highest BCUT2D eigenvalue weighted by Gasteiger charge is 2.16. The molecule has 0 fully saturated rings. The van der Waals surface area contributed by atoms with Crippen molar-refractivity contribution in [2.45, 2.75) is 45.1 Å². The van der Waals surface area contributed by atoms with E-state index in [9.17, 15) is 4.79 Å². The zero-order valence-electron chi connectivity index (χ0n) is 11.3. The van der Waals surface area contributed by atoms with Gasteiger partial charge in [-0.25, -0.2) is 0 Å². The number of carboxylic acids is 1. The maximum Gasteiger partial charge on any atom is 0.303 e. The molecule has 1 rings (SSSR count). The van der Waals surface area contributed by atoms with Gasteiger partial charge in [-0.05, 0) is 45.2 Å². The van der Waals surface area contributed by atoms with E-state index >= 15 is 0 Å². The number of hydrogen-bond donors (Lipinski definition) is 2. The molecule has 0 aliphatic carbocycles. The topological polar surface area (TPSA) is 49.3 Å². The molecule has 3 heteroatoms. The first-order valence-corrected chi connectivity index (χ1v) is 6.50. The summed E-state index contributed by atoms with van der Waals surface area (Å²) in [5.41, 5.74) is 1.37. The standard InChI is InChI=1S/C15H23NO2/c1-15(2,12-13-8-4-3-5-9-13)16-11-7-6-10-14(17)18/h3-5,8-9,16H,6-7,10-12H2,1-2H3,(H,17,18). The fraction of sp³-hybridized carbons (Fsp3) is 0.533. The summed E-state index contributed by atoms with van der Waals surface area (Å²) in [6, 6.07) is 10.4. The van der Waals surface area contributed by atoms with Gasteiger partial charge in [0.15, 0.2) is 0 Å². The van der Waals surface area contributed by atoms with Crippen LogP contribution in [0.4, 0.5) is 0 Å². The van der Waals surface area contributed by atoms with Crippen molar-refractivity contribution in [3.05, 3.63) is 35.9 Å². The molecule has 0 saturated heterocycles. The molecule has 0 amide bonds. The van der Waals surface area contributed by atoms with Gasteiger partial charge in [0, 0.05) is 12.0 Å². The number of nitrogens with one attached hydrogen (secondary N) is 1. The maximum absolute atomic E-state index is 10.4. The van der Waals surface area contributed by atoms with Gasteiger partial charge in [-0.1, -0.05) is 30.3 Å². The first-order chi connectivity index (χ1) is 8.49. The number of carbonyl (C=O) groups is 1. The quantitative estimate of drug-likeness (QED) is 0.696. The number of carboxylic acid groups (broad SMARTS) is 1. The second-order valence-electron chi connectivity index (χ2n) is 5.32. The monoisotopic (exact) mass is 249 g/mol. The Bertz CT molecular complexity index is 360. The predicted octanol–water partition coefficient (Wildman–Crippen LogP) is 2.85. The summed E-state index contributed by atoms with van der Waals surface area (Å²) in [6.07, 6.45) is 2.89. The van der Waals surface area contributed by atoms with Crippen LogP contribution in [0.25, 0.3) is 0 Å².